The maximum atomic E-state index is 12.5. The number of thiophene rings is 1. The van der Waals surface area contributed by atoms with Gasteiger partial charge in [0.1, 0.15) is 17.7 Å². The molecule has 4 rings (SSSR count). The first kappa shape index (κ1) is 21.9. The molecule has 7 heteroatoms. The van der Waals surface area contributed by atoms with E-state index in [1.165, 1.54) is 11.3 Å². The van der Waals surface area contributed by atoms with Gasteiger partial charge < -0.3 is 15.8 Å². The van der Waals surface area contributed by atoms with Crippen molar-refractivity contribution in [3.63, 3.8) is 0 Å². The SMILES string of the molecule is N=C(N)c1cc2c(OC(CCC(=O)Nc3ccc(Cl)cc3)c3ccccc3)cccc2s1. The molecule has 32 heavy (non-hydrogen) atoms. The molecule has 0 aliphatic heterocycles. The summed E-state index contributed by atoms with van der Waals surface area (Å²) < 4.78 is 7.42. The van der Waals surface area contributed by atoms with Crippen LogP contribution >= 0.6 is 22.9 Å². The van der Waals surface area contributed by atoms with Gasteiger partial charge in [0.2, 0.25) is 5.91 Å². The maximum absolute atomic E-state index is 12.5. The molecule has 0 fully saturated rings. The molecule has 0 aliphatic carbocycles. The van der Waals surface area contributed by atoms with Gasteiger partial charge in [-0.25, -0.2) is 0 Å². The fourth-order valence-corrected chi connectivity index (χ4v) is 4.47. The lowest BCUT2D eigenvalue weighted by Gasteiger charge is -2.20. The molecular formula is C25H22ClN3O2S. The minimum absolute atomic E-state index is 0.0376. The van der Waals surface area contributed by atoms with E-state index in [-0.39, 0.29) is 17.8 Å². The fourth-order valence-electron chi connectivity index (χ4n) is 3.40. The summed E-state index contributed by atoms with van der Waals surface area (Å²) in [4.78, 5) is 13.2. The molecule has 5 nitrogen and oxygen atoms in total. The van der Waals surface area contributed by atoms with E-state index < -0.39 is 0 Å². The summed E-state index contributed by atoms with van der Waals surface area (Å²) in [5, 5.41) is 12.2. The van der Waals surface area contributed by atoms with E-state index in [0.29, 0.717) is 34.2 Å². The lowest BCUT2D eigenvalue weighted by atomic mass is 10.0. The second kappa shape index (κ2) is 9.85. The summed E-state index contributed by atoms with van der Waals surface area (Å²) in [6, 6.07) is 24.6. The molecule has 0 bridgehead atoms. The highest BCUT2D eigenvalue weighted by atomic mass is 35.5. The van der Waals surface area contributed by atoms with Gasteiger partial charge in [-0.2, -0.15) is 0 Å². The summed E-state index contributed by atoms with van der Waals surface area (Å²) in [5.74, 6) is 0.651. The van der Waals surface area contributed by atoms with Crippen molar-refractivity contribution in [2.45, 2.75) is 18.9 Å². The Kier molecular flexibility index (Phi) is 6.73. The number of hydrogen-bond acceptors (Lipinski definition) is 4. The van der Waals surface area contributed by atoms with Crippen LogP contribution in [0.5, 0.6) is 5.75 Å². The molecule has 0 aliphatic rings. The summed E-state index contributed by atoms with van der Waals surface area (Å²) in [5.41, 5.74) is 7.37. The van der Waals surface area contributed by atoms with E-state index in [1.54, 1.807) is 24.3 Å². The molecule has 1 atom stereocenters. The van der Waals surface area contributed by atoms with Crippen LogP contribution in [0.4, 0.5) is 5.69 Å². The molecule has 1 unspecified atom stereocenters. The van der Waals surface area contributed by atoms with Gasteiger partial charge in [-0.3, -0.25) is 10.2 Å². The molecule has 1 aromatic heterocycles. The number of anilines is 1. The number of carbonyl (C=O) groups is 1. The van der Waals surface area contributed by atoms with Crippen LogP contribution < -0.4 is 15.8 Å². The molecule has 0 saturated carbocycles. The number of nitrogens with two attached hydrogens (primary N) is 1. The predicted molar refractivity (Wildman–Crippen MR) is 132 cm³/mol. The van der Waals surface area contributed by atoms with Crippen LogP contribution in [0.1, 0.15) is 29.4 Å². The zero-order valence-electron chi connectivity index (χ0n) is 17.2. The number of ether oxygens (including phenoxy) is 1. The first-order valence-electron chi connectivity index (χ1n) is 10.1. The zero-order valence-corrected chi connectivity index (χ0v) is 18.7. The number of benzene rings is 3. The summed E-state index contributed by atoms with van der Waals surface area (Å²) in [7, 11) is 0. The van der Waals surface area contributed by atoms with Crippen LogP contribution in [-0.2, 0) is 4.79 Å². The number of halogens is 1. The molecular weight excluding hydrogens is 442 g/mol. The monoisotopic (exact) mass is 463 g/mol. The highest BCUT2D eigenvalue weighted by molar-refractivity contribution is 7.20. The van der Waals surface area contributed by atoms with Gasteiger partial charge in [-0.05, 0) is 54.4 Å². The standard InChI is InChI=1S/C25H22ClN3O2S/c26-17-9-11-18(12-10-17)29-24(30)14-13-20(16-5-2-1-3-6-16)31-21-7-4-8-22-19(21)15-23(32-22)25(27)28/h1-12,15,20H,13-14H2,(H3,27,28)(H,29,30). The second-order valence-electron chi connectivity index (χ2n) is 7.30. The molecule has 4 aromatic rings. The molecule has 3 aromatic carbocycles. The van der Waals surface area contributed by atoms with E-state index in [4.69, 9.17) is 27.5 Å². The van der Waals surface area contributed by atoms with E-state index in [9.17, 15) is 4.79 Å². The van der Waals surface area contributed by atoms with Crippen molar-refractivity contribution in [3.05, 3.63) is 94.3 Å². The van der Waals surface area contributed by atoms with Crippen molar-refractivity contribution < 1.29 is 9.53 Å². The Morgan fingerprint density at radius 3 is 2.53 bits per heavy atom. The summed E-state index contributed by atoms with van der Waals surface area (Å²) in [6.07, 6.45) is 0.489. The molecule has 162 valence electrons. The van der Waals surface area contributed by atoms with Crippen LogP contribution in [0, 0.1) is 5.41 Å². The Balaban J connectivity index is 1.53. The smallest absolute Gasteiger partial charge is 0.224 e. The predicted octanol–water partition coefficient (Wildman–Crippen LogP) is 6.38. The molecule has 1 heterocycles. The van der Waals surface area contributed by atoms with Crippen LogP contribution in [0.25, 0.3) is 10.1 Å². The molecule has 0 spiro atoms. The fraction of sp³-hybridized carbons (Fsp3) is 0.120. The quantitative estimate of drug-likeness (QED) is 0.209. The van der Waals surface area contributed by atoms with Gasteiger partial charge in [-0.1, -0.05) is 48.0 Å². The topological polar surface area (TPSA) is 88.2 Å². The number of rotatable bonds is 8. The Hall–Kier alpha value is -3.35. The highest BCUT2D eigenvalue weighted by Crippen LogP contribution is 2.36. The van der Waals surface area contributed by atoms with Crippen molar-refractivity contribution in [3.8, 4) is 5.75 Å². The van der Waals surface area contributed by atoms with Gasteiger partial charge in [0.05, 0.1) is 4.88 Å². The Bertz CT molecular complexity index is 1240. The van der Waals surface area contributed by atoms with E-state index >= 15 is 0 Å². The number of fused-ring (bicyclic) bond motifs is 1. The lowest BCUT2D eigenvalue weighted by molar-refractivity contribution is -0.116. The van der Waals surface area contributed by atoms with Crippen LogP contribution in [0.3, 0.4) is 0 Å². The third-order valence-electron chi connectivity index (χ3n) is 4.99. The van der Waals surface area contributed by atoms with Crippen molar-refractivity contribution in [2.24, 2.45) is 5.73 Å². The van der Waals surface area contributed by atoms with Crippen LogP contribution in [-0.4, -0.2) is 11.7 Å². The first-order chi connectivity index (χ1) is 15.5. The van der Waals surface area contributed by atoms with Gasteiger partial charge in [-0.15, -0.1) is 11.3 Å². The number of carbonyl (C=O) groups excluding carboxylic acids is 1. The second-order valence-corrected chi connectivity index (χ2v) is 8.82. The summed E-state index contributed by atoms with van der Waals surface area (Å²) in [6.45, 7) is 0. The Morgan fingerprint density at radius 1 is 1.06 bits per heavy atom. The largest absolute Gasteiger partial charge is 0.485 e. The van der Waals surface area contributed by atoms with Crippen molar-refractivity contribution >= 4 is 50.5 Å². The molecule has 0 saturated heterocycles. The minimum atomic E-state index is -0.307. The third kappa shape index (κ3) is 5.28. The van der Waals surface area contributed by atoms with Crippen molar-refractivity contribution in [2.75, 3.05) is 5.32 Å². The average Bonchev–Trinajstić information content (AvgIpc) is 3.24. The zero-order chi connectivity index (χ0) is 22.5. The normalized spacial score (nSPS) is 11.8. The number of hydrogen-bond donors (Lipinski definition) is 3. The van der Waals surface area contributed by atoms with Crippen LogP contribution in [0.2, 0.25) is 5.02 Å². The summed E-state index contributed by atoms with van der Waals surface area (Å²) >= 11 is 7.37. The Labute approximate surface area is 195 Å². The van der Waals surface area contributed by atoms with Gasteiger partial charge >= 0.3 is 0 Å². The van der Waals surface area contributed by atoms with E-state index in [1.807, 2.05) is 54.6 Å². The molecule has 1 amide bonds. The highest BCUT2D eigenvalue weighted by Gasteiger charge is 2.18. The van der Waals surface area contributed by atoms with Crippen molar-refractivity contribution in [1.82, 2.24) is 0 Å². The van der Waals surface area contributed by atoms with Gasteiger partial charge in [0.25, 0.3) is 0 Å². The van der Waals surface area contributed by atoms with Crippen molar-refractivity contribution in [1.29, 1.82) is 5.41 Å². The molecule has 4 N–H and O–H groups in total. The number of amides is 1. The number of nitrogen functional groups attached to an aromatic ring is 1. The lowest BCUT2D eigenvalue weighted by Crippen LogP contribution is -2.15. The number of nitrogens with one attached hydrogen (secondary N) is 2. The van der Waals surface area contributed by atoms with Gasteiger partial charge in [0.15, 0.2) is 0 Å². The van der Waals surface area contributed by atoms with Gasteiger partial charge in [0, 0.05) is 27.2 Å². The number of amidine groups is 1. The molecule has 0 radical (unpaired) electrons. The average molecular weight is 464 g/mol. The Morgan fingerprint density at radius 2 is 1.81 bits per heavy atom. The maximum Gasteiger partial charge on any atom is 0.224 e. The van der Waals surface area contributed by atoms with E-state index in [0.717, 1.165) is 15.6 Å². The third-order valence-corrected chi connectivity index (χ3v) is 6.37. The van der Waals surface area contributed by atoms with Crippen LogP contribution in [0.15, 0.2) is 78.9 Å². The minimum Gasteiger partial charge on any atom is -0.485 e. The first-order valence-corrected chi connectivity index (χ1v) is 11.3. The van der Waals surface area contributed by atoms with E-state index in [2.05, 4.69) is 5.32 Å².